The van der Waals surface area contributed by atoms with Crippen LogP contribution in [0.3, 0.4) is 0 Å². The fourth-order valence-electron chi connectivity index (χ4n) is 6.65. The zero-order chi connectivity index (χ0) is 31.4. The number of nitrogens with zero attached hydrogens (tertiary/aromatic N) is 6. The van der Waals surface area contributed by atoms with Crippen molar-refractivity contribution in [2.45, 2.75) is 76.5 Å². The molecule has 0 bridgehead atoms. The van der Waals surface area contributed by atoms with Gasteiger partial charge in [-0.2, -0.15) is 9.19 Å². The van der Waals surface area contributed by atoms with E-state index in [1.807, 2.05) is 4.90 Å². The number of benzene rings is 1. The summed E-state index contributed by atoms with van der Waals surface area (Å²) in [6, 6.07) is 0.732. The second kappa shape index (κ2) is 11.4. The summed E-state index contributed by atoms with van der Waals surface area (Å²) in [6.45, 7) is 5.88. The number of piperidine rings is 1. The van der Waals surface area contributed by atoms with Gasteiger partial charge in [-0.3, -0.25) is 19.5 Å². The third-order valence-corrected chi connectivity index (χ3v) is 9.38. The molecule has 4 atom stereocenters. The third kappa shape index (κ3) is 6.38. The predicted octanol–water partition coefficient (Wildman–Crippen LogP) is 2.82. The fraction of sp³-hybridized carbons (Fsp3) is 0.607. The van der Waals surface area contributed by atoms with Crippen molar-refractivity contribution in [2.75, 3.05) is 32.4 Å². The summed E-state index contributed by atoms with van der Waals surface area (Å²) in [7, 11) is -3.58. The predicted molar refractivity (Wildman–Crippen MR) is 150 cm³/mol. The van der Waals surface area contributed by atoms with Crippen molar-refractivity contribution in [3.8, 4) is 0 Å². The average molecular weight is 627 g/mol. The van der Waals surface area contributed by atoms with Gasteiger partial charge in [0.1, 0.15) is 17.8 Å². The number of carboxylic acid groups (broad SMARTS) is 1. The van der Waals surface area contributed by atoms with Gasteiger partial charge in [0.05, 0.1) is 37.1 Å². The van der Waals surface area contributed by atoms with Crippen LogP contribution in [0.5, 0.6) is 0 Å². The maximum Gasteiger partial charge on any atom is 0.408 e. The van der Waals surface area contributed by atoms with Crippen molar-refractivity contribution in [1.82, 2.24) is 28.8 Å². The van der Waals surface area contributed by atoms with Crippen LogP contribution in [0.15, 0.2) is 24.4 Å². The van der Waals surface area contributed by atoms with E-state index < -0.39 is 51.5 Å². The minimum absolute atomic E-state index is 0.0568. The first-order chi connectivity index (χ1) is 20.0. The summed E-state index contributed by atoms with van der Waals surface area (Å²) in [5, 5.41) is 14.6. The second-order valence-corrected chi connectivity index (χ2v) is 14.5. The Hall–Kier alpha value is -3.17. The highest BCUT2D eigenvalue weighted by molar-refractivity contribution is 7.89. The topological polar surface area (TPSA) is 119 Å². The molecule has 2 fully saturated rings. The molecule has 3 aliphatic heterocycles. The normalized spacial score (nSPS) is 25.2. The molecule has 0 aliphatic carbocycles. The monoisotopic (exact) mass is 626 g/mol. The first-order valence-electron chi connectivity index (χ1n) is 14.2. The van der Waals surface area contributed by atoms with Gasteiger partial charge in [-0.25, -0.2) is 26.4 Å². The van der Waals surface area contributed by atoms with E-state index >= 15 is 4.39 Å². The van der Waals surface area contributed by atoms with E-state index in [1.165, 1.54) is 16.0 Å². The summed E-state index contributed by atoms with van der Waals surface area (Å²) in [4.78, 5) is 32.6. The molecule has 2 aromatic rings. The number of halogens is 3. The number of aromatic nitrogens is 2. The number of likely N-dealkylation sites (tertiary alicyclic amines) is 2. The zero-order valence-corrected chi connectivity index (χ0v) is 25.4. The Kier molecular flexibility index (Phi) is 8.28. The minimum atomic E-state index is -3.58. The minimum Gasteiger partial charge on any atom is -0.465 e. The Balaban J connectivity index is 1.55. The van der Waals surface area contributed by atoms with E-state index in [0.717, 1.165) is 28.5 Å². The Labute approximate surface area is 248 Å². The average Bonchev–Trinajstić information content (AvgIpc) is 3.59. The molecule has 0 spiro atoms. The van der Waals surface area contributed by atoms with Gasteiger partial charge in [-0.15, -0.1) is 0 Å². The second-order valence-electron chi connectivity index (χ2n) is 12.7. The number of hydrogen-bond donors (Lipinski definition) is 1. The Morgan fingerprint density at radius 3 is 2.47 bits per heavy atom. The first-order valence-corrected chi connectivity index (χ1v) is 16.0. The maximum absolute atomic E-state index is 15.4. The van der Waals surface area contributed by atoms with E-state index in [-0.39, 0.29) is 63.1 Å². The molecule has 0 unspecified atom stereocenters. The van der Waals surface area contributed by atoms with Gasteiger partial charge >= 0.3 is 6.09 Å². The highest BCUT2D eigenvalue weighted by Gasteiger charge is 2.48. The molecule has 236 valence electrons. The molecule has 1 aromatic carbocycles. The number of carbonyl (C=O) groups excluding carboxylic acids is 1. The van der Waals surface area contributed by atoms with Crippen LogP contribution in [0.25, 0.3) is 0 Å². The van der Waals surface area contributed by atoms with Crippen LogP contribution >= 0.6 is 0 Å². The summed E-state index contributed by atoms with van der Waals surface area (Å²) < 4.78 is 68.9. The summed E-state index contributed by atoms with van der Waals surface area (Å²) in [5.41, 5.74) is 0.266. The van der Waals surface area contributed by atoms with E-state index in [4.69, 9.17) is 0 Å². The number of rotatable bonds is 6. The SMILES string of the molecule is CC(C)(C)N(C(=O)O)[C@H]1C[C@@H](N2Cc3cn(S(C)(=O)=O)nc3C2)CN(CC(=O)N2CC[C@@H](F)C2)[C@H]1c1cc(F)ccc1F. The van der Waals surface area contributed by atoms with Crippen molar-refractivity contribution < 1.29 is 36.3 Å². The number of amides is 2. The van der Waals surface area contributed by atoms with Crippen molar-refractivity contribution in [2.24, 2.45) is 0 Å². The quantitative estimate of drug-likeness (QED) is 0.520. The van der Waals surface area contributed by atoms with Gasteiger partial charge in [0, 0.05) is 55.1 Å². The van der Waals surface area contributed by atoms with Crippen molar-refractivity contribution >= 4 is 22.0 Å². The van der Waals surface area contributed by atoms with Crippen molar-refractivity contribution in [1.29, 1.82) is 0 Å². The molecule has 1 N–H and O–H groups in total. The molecule has 43 heavy (non-hydrogen) atoms. The van der Waals surface area contributed by atoms with Crippen LogP contribution in [0.1, 0.15) is 56.5 Å². The lowest BCUT2D eigenvalue weighted by molar-refractivity contribution is -0.134. The Morgan fingerprint density at radius 2 is 1.88 bits per heavy atom. The van der Waals surface area contributed by atoms with Crippen LogP contribution < -0.4 is 0 Å². The summed E-state index contributed by atoms with van der Waals surface area (Å²) in [6.07, 6.45) is 0.552. The molecule has 0 radical (unpaired) electrons. The molecule has 0 saturated carbocycles. The van der Waals surface area contributed by atoms with Gasteiger partial charge in [-0.05, 0) is 51.8 Å². The van der Waals surface area contributed by atoms with E-state index in [1.54, 1.807) is 25.7 Å². The van der Waals surface area contributed by atoms with Gasteiger partial charge in [0.2, 0.25) is 5.91 Å². The first kappa shape index (κ1) is 31.3. The van der Waals surface area contributed by atoms with Crippen LogP contribution in [0, 0.1) is 11.6 Å². The summed E-state index contributed by atoms with van der Waals surface area (Å²) in [5.74, 6) is -1.81. The fourth-order valence-corrected chi connectivity index (χ4v) is 7.22. The molecule has 1 aromatic heterocycles. The Bertz CT molecular complexity index is 1490. The highest BCUT2D eigenvalue weighted by atomic mass is 32.2. The van der Waals surface area contributed by atoms with E-state index in [2.05, 4.69) is 5.10 Å². The summed E-state index contributed by atoms with van der Waals surface area (Å²) >= 11 is 0. The number of fused-ring (bicyclic) bond motifs is 1. The van der Waals surface area contributed by atoms with Crippen molar-refractivity contribution in [3.63, 3.8) is 0 Å². The molecule has 15 heteroatoms. The molecule has 11 nitrogen and oxygen atoms in total. The van der Waals surface area contributed by atoms with Gasteiger partial charge in [0.15, 0.2) is 0 Å². The van der Waals surface area contributed by atoms with E-state index in [0.29, 0.717) is 17.8 Å². The lowest BCUT2D eigenvalue weighted by Gasteiger charge is -2.52. The standard InChI is InChI=1S/C28H37F3N6O5S/c1-28(2,3)37(27(39)40)24-10-20(34-11-17-12-36(43(4,41)42)32-23(17)15-34)14-35(16-25(38)33-8-7-19(30)13-33)26(24)21-9-18(29)5-6-22(21)31/h5-6,9,12,19-20,24,26H,7-8,10-11,13-16H2,1-4H3,(H,39,40)/t19-,20-,24+,26+/m1/s1. The smallest absolute Gasteiger partial charge is 0.408 e. The molecule has 5 rings (SSSR count). The van der Waals surface area contributed by atoms with Crippen LogP contribution in [0.2, 0.25) is 0 Å². The van der Waals surface area contributed by atoms with Crippen LogP contribution in [0.4, 0.5) is 18.0 Å². The molecule has 4 heterocycles. The number of hydrogen-bond acceptors (Lipinski definition) is 7. The molecule has 3 aliphatic rings. The van der Waals surface area contributed by atoms with E-state index in [9.17, 15) is 31.9 Å². The molecular formula is C28H37F3N6O5S. The van der Waals surface area contributed by atoms with Gasteiger partial charge < -0.3 is 10.0 Å². The van der Waals surface area contributed by atoms with Crippen LogP contribution in [-0.2, 0) is 27.9 Å². The highest BCUT2D eigenvalue weighted by Crippen LogP contribution is 2.41. The zero-order valence-electron chi connectivity index (χ0n) is 24.6. The lowest BCUT2D eigenvalue weighted by atomic mass is 9.84. The lowest BCUT2D eigenvalue weighted by Crippen LogP contribution is -2.63. The van der Waals surface area contributed by atoms with Gasteiger partial charge in [-0.1, -0.05) is 0 Å². The number of carbonyl (C=O) groups is 2. The third-order valence-electron chi connectivity index (χ3n) is 8.51. The van der Waals surface area contributed by atoms with Crippen LogP contribution in [-0.4, -0.2) is 111 Å². The largest absolute Gasteiger partial charge is 0.465 e. The van der Waals surface area contributed by atoms with Crippen molar-refractivity contribution in [3.05, 3.63) is 52.9 Å². The van der Waals surface area contributed by atoms with Gasteiger partial charge in [0.25, 0.3) is 10.0 Å². The molecular weight excluding hydrogens is 589 g/mol. The molecule has 2 saturated heterocycles. The maximum atomic E-state index is 15.4. The number of alkyl halides is 1. The molecule has 2 amide bonds. The Morgan fingerprint density at radius 1 is 1.16 bits per heavy atom.